The summed E-state index contributed by atoms with van der Waals surface area (Å²) in [4.78, 5) is 10.4. The molecule has 7 aromatic carbocycles. The zero-order valence-electron chi connectivity index (χ0n) is 31.7. The largest absolute Gasteiger partial charge is 0.375 e. The first-order valence-electron chi connectivity index (χ1n) is 19.9. The molecule has 0 radical (unpaired) electrons. The molecule has 58 heavy (non-hydrogen) atoms. The minimum Gasteiger partial charge on any atom is -0.375 e. The maximum absolute atomic E-state index is 5.21. The fourth-order valence-electron chi connectivity index (χ4n) is 9.34. The van der Waals surface area contributed by atoms with Crippen molar-refractivity contribution < 1.29 is 0 Å². The summed E-state index contributed by atoms with van der Waals surface area (Å²) < 4.78 is 5.17. The molecule has 0 aliphatic rings. The van der Waals surface area contributed by atoms with Gasteiger partial charge in [-0.3, -0.25) is 9.97 Å². The summed E-state index contributed by atoms with van der Waals surface area (Å²) in [7, 11) is 0. The van der Waals surface area contributed by atoms with E-state index in [2.05, 4.69) is 203 Å². The van der Waals surface area contributed by atoms with E-state index in [1.165, 1.54) is 32.6 Å². The van der Waals surface area contributed by atoms with E-state index in [1.54, 1.807) is 0 Å². The Bertz CT molecular complexity index is 2910. The maximum atomic E-state index is 5.21. The van der Waals surface area contributed by atoms with Crippen molar-refractivity contribution in [2.75, 3.05) is 0 Å². The Hall–Kier alpha value is -7.43. The summed E-state index contributed by atoms with van der Waals surface area (Å²) in [6.45, 7) is -0.285. The zero-order chi connectivity index (χ0) is 38.4. The van der Waals surface area contributed by atoms with Crippen molar-refractivity contribution in [2.45, 2.75) is 0 Å². The molecule has 4 heterocycles. The van der Waals surface area contributed by atoms with Gasteiger partial charge in [-0.1, -0.05) is 192 Å². The zero-order valence-corrected chi connectivity index (χ0v) is 31.7. The Labute approximate surface area is 337 Å². The molecule has 0 saturated heterocycles. The van der Waals surface area contributed by atoms with E-state index >= 15 is 0 Å². The lowest BCUT2D eigenvalue weighted by Gasteiger charge is -2.23. The van der Waals surface area contributed by atoms with Gasteiger partial charge in [-0.05, 0) is 36.4 Å². The average molecular weight is 739 g/mol. The van der Waals surface area contributed by atoms with Crippen LogP contribution in [0.1, 0.15) is 0 Å². The van der Waals surface area contributed by atoms with Crippen LogP contribution in [0, 0.1) is 0 Å². The number of aromatic nitrogens is 4. The molecule has 0 aliphatic heterocycles. The first-order valence-corrected chi connectivity index (χ1v) is 19.9. The van der Waals surface area contributed by atoms with Gasteiger partial charge in [-0.15, -0.1) is 0 Å². The highest BCUT2D eigenvalue weighted by Gasteiger charge is 2.35. The second-order valence-corrected chi connectivity index (χ2v) is 14.8. The summed E-state index contributed by atoms with van der Waals surface area (Å²) >= 11 is 0. The minimum atomic E-state index is -0.143. The van der Waals surface area contributed by atoms with E-state index in [0.29, 0.717) is 0 Å². The molecule has 4 nitrogen and oxygen atoms in total. The third-order valence-corrected chi connectivity index (χ3v) is 11.6. The van der Waals surface area contributed by atoms with Crippen LogP contribution in [0.25, 0.3) is 66.1 Å². The molecule has 11 rings (SSSR count). The first-order chi connectivity index (χ1) is 28.9. The second-order valence-electron chi connectivity index (χ2n) is 14.8. The van der Waals surface area contributed by atoms with Crippen LogP contribution in [0.15, 0.2) is 219 Å². The first kappa shape index (κ1) is 33.9. The summed E-state index contributed by atoms with van der Waals surface area (Å²) in [5.41, 5.74) is 13.4. The normalized spacial score (nSPS) is 11.4. The molecule has 0 atom stereocenters. The molecule has 4 aromatic heterocycles. The van der Waals surface area contributed by atoms with E-state index in [1.807, 2.05) is 24.5 Å². The molecule has 0 bridgehead atoms. The third-order valence-electron chi connectivity index (χ3n) is 11.6. The minimum absolute atomic E-state index is 0.143. The third kappa shape index (κ3) is 5.41. The molecule has 0 saturated carbocycles. The van der Waals surface area contributed by atoms with Gasteiger partial charge in [-0.25, -0.2) is 0 Å². The van der Waals surface area contributed by atoms with Gasteiger partial charge < -0.3 is 8.96 Å². The molecule has 0 unspecified atom stereocenters. The Morgan fingerprint density at radius 3 is 0.948 bits per heavy atom. The second kappa shape index (κ2) is 14.3. The van der Waals surface area contributed by atoms with Crippen LogP contribution in [-0.4, -0.2) is 32.6 Å². The number of para-hydroxylation sites is 2. The number of hydrogen-bond acceptors (Lipinski definition) is 2. The predicted octanol–water partition coefficient (Wildman–Crippen LogP) is 9.33. The van der Waals surface area contributed by atoms with Crippen molar-refractivity contribution in [2.24, 2.45) is 0 Å². The molecule has 0 amide bonds. The van der Waals surface area contributed by atoms with Gasteiger partial charge in [0.15, 0.2) is 0 Å². The molecule has 11 aromatic rings. The van der Waals surface area contributed by atoms with E-state index < -0.39 is 0 Å². The number of nitrogens with zero attached hydrogens (tertiary/aromatic N) is 4. The topological polar surface area (TPSA) is 35.6 Å². The number of pyridine rings is 2. The predicted molar refractivity (Wildman–Crippen MR) is 246 cm³/mol. The van der Waals surface area contributed by atoms with Gasteiger partial charge >= 0.3 is 13.7 Å². The fraction of sp³-hybridized carbons (Fsp3) is 0. The lowest BCUT2D eigenvalue weighted by molar-refractivity contribution is 1.29. The van der Waals surface area contributed by atoms with Gasteiger partial charge in [0.1, 0.15) is 0 Å². The van der Waals surface area contributed by atoms with Crippen LogP contribution in [0.4, 0.5) is 0 Å². The summed E-state index contributed by atoms with van der Waals surface area (Å²) in [6, 6.07) is 74.1. The van der Waals surface area contributed by atoms with Gasteiger partial charge in [-0.2, -0.15) is 0 Å². The van der Waals surface area contributed by atoms with Crippen molar-refractivity contribution >= 4 is 79.2 Å². The van der Waals surface area contributed by atoms with E-state index in [9.17, 15) is 0 Å². The van der Waals surface area contributed by atoms with Crippen molar-refractivity contribution in [3.05, 3.63) is 219 Å². The van der Waals surface area contributed by atoms with Crippen LogP contribution in [0.2, 0.25) is 0 Å². The molecule has 6 heteroatoms. The van der Waals surface area contributed by atoms with E-state index in [4.69, 9.17) is 9.97 Å². The lowest BCUT2D eigenvalue weighted by Crippen LogP contribution is -2.48. The van der Waals surface area contributed by atoms with Crippen molar-refractivity contribution in [1.82, 2.24) is 18.9 Å². The molecular weight excluding hydrogens is 702 g/mol. The Kier molecular flexibility index (Phi) is 8.32. The highest BCUT2D eigenvalue weighted by atomic mass is 15.0. The lowest BCUT2D eigenvalue weighted by atomic mass is 9.50. The monoisotopic (exact) mass is 738 g/mol. The van der Waals surface area contributed by atoms with E-state index in [-0.39, 0.29) is 13.7 Å². The van der Waals surface area contributed by atoms with E-state index in [0.717, 1.165) is 55.4 Å². The molecule has 0 fully saturated rings. The van der Waals surface area contributed by atoms with Crippen LogP contribution in [0.5, 0.6) is 0 Å². The van der Waals surface area contributed by atoms with Crippen molar-refractivity contribution in [1.29, 1.82) is 0 Å². The van der Waals surface area contributed by atoms with Crippen LogP contribution >= 0.6 is 0 Å². The Balaban J connectivity index is 1.45. The number of rotatable bonds is 8. The Morgan fingerprint density at radius 1 is 0.310 bits per heavy atom. The summed E-state index contributed by atoms with van der Waals surface area (Å²) in [5, 5.41) is 4.65. The molecular formula is C52H36B2N4. The van der Waals surface area contributed by atoms with Crippen LogP contribution in [-0.2, 0) is 0 Å². The standard InChI is InChI=1S/C52H36B2N4/c1-5-21-37(22-6-1)53(38-23-7-2-8-24-38)57-45-33-15-13-29-41(45)47-50(44-32-18-20-36-56-44)52-48(49(51(47)57)43-31-17-19-35-55-43)42-30-14-16-34-46(42)58(52)54(39-25-9-3-10-26-39)40-27-11-4-12-28-40/h1-36H. The number of benzene rings is 7. The molecule has 0 N–H and O–H groups in total. The maximum Gasteiger partial charge on any atom is 0.328 e. The Morgan fingerprint density at radius 2 is 0.621 bits per heavy atom. The van der Waals surface area contributed by atoms with Crippen LogP contribution < -0.4 is 21.9 Å². The highest BCUT2D eigenvalue weighted by molar-refractivity contribution is 6.86. The molecule has 0 aliphatic carbocycles. The summed E-state index contributed by atoms with van der Waals surface area (Å²) in [6.07, 6.45) is 3.85. The highest BCUT2D eigenvalue weighted by Crippen LogP contribution is 2.50. The number of hydrogen-bond donors (Lipinski definition) is 0. The van der Waals surface area contributed by atoms with Crippen molar-refractivity contribution in [3.63, 3.8) is 0 Å². The average Bonchev–Trinajstić information content (AvgIpc) is 3.81. The van der Waals surface area contributed by atoms with Crippen molar-refractivity contribution in [3.8, 4) is 22.5 Å². The SMILES string of the molecule is c1ccc(B(c2ccccc2)n2c3ccccc3c3c(-c4ccccn4)c4c(c(-c5ccccn5)c32)c2ccccc2n4B(c2ccccc2)c2ccccc2)cc1. The quantitative estimate of drug-likeness (QED) is 0.146. The number of fused-ring (bicyclic) bond motifs is 6. The van der Waals surface area contributed by atoms with Gasteiger partial charge in [0.2, 0.25) is 0 Å². The molecule has 0 spiro atoms. The van der Waals surface area contributed by atoms with Gasteiger partial charge in [0.05, 0.1) is 11.4 Å². The van der Waals surface area contributed by atoms with Crippen LogP contribution in [0.3, 0.4) is 0 Å². The van der Waals surface area contributed by atoms with Gasteiger partial charge in [0.25, 0.3) is 0 Å². The fourth-order valence-corrected chi connectivity index (χ4v) is 9.34. The van der Waals surface area contributed by atoms with Gasteiger partial charge in [0, 0.05) is 67.1 Å². The smallest absolute Gasteiger partial charge is 0.328 e. The summed E-state index contributed by atoms with van der Waals surface area (Å²) in [5.74, 6) is 0. The molecule has 270 valence electrons.